The van der Waals surface area contributed by atoms with Gasteiger partial charge in [-0.15, -0.1) is 5.75 Å². The van der Waals surface area contributed by atoms with Crippen LogP contribution in [0.15, 0.2) is 66.7 Å². The predicted molar refractivity (Wildman–Crippen MR) is 105 cm³/mol. The first-order valence-corrected chi connectivity index (χ1v) is 8.80. The van der Waals surface area contributed by atoms with Crippen molar-refractivity contribution in [3.05, 3.63) is 89.0 Å². The van der Waals surface area contributed by atoms with Crippen LogP contribution >= 0.6 is 0 Å². The maximum absolute atomic E-state index is 12.5. The standard InChI is InChI=1S/C22H14N2O6/c25-14-9-10-18(17(11-14)22(29)30)23-19(26)12-5-7-13(8-6-12)24-20(27)15-3-1-2-4-16(15)21(24)28/h1-11,25H,(H,23,26)(H,29,30)/p-1. The minimum absolute atomic E-state index is 0.0171. The molecule has 0 saturated heterocycles. The van der Waals surface area contributed by atoms with E-state index in [9.17, 15) is 29.4 Å². The second-order valence-electron chi connectivity index (χ2n) is 6.50. The van der Waals surface area contributed by atoms with Gasteiger partial charge in [-0.1, -0.05) is 24.3 Å². The first-order valence-electron chi connectivity index (χ1n) is 8.80. The molecule has 3 aromatic rings. The number of nitrogens with zero attached hydrogens (tertiary/aromatic N) is 1. The van der Waals surface area contributed by atoms with Crippen molar-refractivity contribution in [3.63, 3.8) is 0 Å². The molecule has 1 aliphatic heterocycles. The highest BCUT2D eigenvalue weighted by Crippen LogP contribution is 2.28. The smallest absolute Gasteiger partial charge is 0.337 e. The molecule has 3 amide bonds. The summed E-state index contributed by atoms with van der Waals surface area (Å²) in [6.07, 6.45) is 0. The van der Waals surface area contributed by atoms with Crippen LogP contribution in [0.25, 0.3) is 0 Å². The Balaban J connectivity index is 1.57. The fourth-order valence-electron chi connectivity index (χ4n) is 3.19. The number of carboxylic acid groups (broad SMARTS) is 1. The van der Waals surface area contributed by atoms with Crippen molar-refractivity contribution in [2.45, 2.75) is 0 Å². The van der Waals surface area contributed by atoms with Gasteiger partial charge in [0.2, 0.25) is 0 Å². The highest BCUT2D eigenvalue weighted by molar-refractivity contribution is 6.34. The van der Waals surface area contributed by atoms with Crippen LogP contribution in [-0.4, -0.2) is 28.8 Å². The molecular weight excluding hydrogens is 388 g/mol. The molecule has 8 nitrogen and oxygen atoms in total. The van der Waals surface area contributed by atoms with Gasteiger partial charge in [0, 0.05) is 5.56 Å². The highest BCUT2D eigenvalue weighted by Gasteiger charge is 2.36. The molecule has 0 atom stereocenters. The number of amides is 3. The lowest BCUT2D eigenvalue weighted by Gasteiger charge is -2.15. The molecular formula is C22H13N2O6-. The summed E-state index contributed by atoms with van der Waals surface area (Å²) >= 11 is 0. The summed E-state index contributed by atoms with van der Waals surface area (Å²) in [5, 5.41) is 23.0. The molecule has 8 heteroatoms. The number of carbonyl (C=O) groups excluding carboxylic acids is 3. The zero-order valence-electron chi connectivity index (χ0n) is 15.3. The number of anilines is 2. The molecule has 1 heterocycles. The molecule has 0 fully saturated rings. The quantitative estimate of drug-likeness (QED) is 0.647. The number of nitrogens with one attached hydrogen (secondary N) is 1. The molecule has 148 valence electrons. The molecule has 0 saturated carbocycles. The third kappa shape index (κ3) is 3.16. The maximum Gasteiger partial charge on any atom is 0.337 e. The lowest BCUT2D eigenvalue weighted by atomic mass is 10.1. The average molecular weight is 401 g/mol. The average Bonchev–Trinajstić information content (AvgIpc) is 3.00. The van der Waals surface area contributed by atoms with E-state index in [4.69, 9.17) is 0 Å². The molecule has 2 N–H and O–H groups in total. The van der Waals surface area contributed by atoms with Crippen molar-refractivity contribution in [1.82, 2.24) is 0 Å². The molecule has 0 radical (unpaired) electrons. The van der Waals surface area contributed by atoms with Crippen LogP contribution in [0.2, 0.25) is 0 Å². The van der Waals surface area contributed by atoms with Crippen LogP contribution in [0.1, 0.15) is 41.4 Å². The molecule has 0 aliphatic carbocycles. The molecule has 0 unspecified atom stereocenters. The predicted octanol–water partition coefficient (Wildman–Crippen LogP) is 2.51. The Kier molecular flexibility index (Phi) is 4.51. The van der Waals surface area contributed by atoms with Crippen LogP contribution in [0.5, 0.6) is 5.75 Å². The van der Waals surface area contributed by atoms with Crippen molar-refractivity contribution in [2.75, 3.05) is 10.2 Å². The number of imide groups is 1. The summed E-state index contributed by atoms with van der Waals surface area (Å²) in [4.78, 5) is 49.9. The van der Waals surface area contributed by atoms with E-state index >= 15 is 0 Å². The van der Waals surface area contributed by atoms with Gasteiger partial charge < -0.3 is 15.5 Å². The second-order valence-corrected chi connectivity index (χ2v) is 6.50. The van der Waals surface area contributed by atoms with Gasteiger partial charge in [-0.2, -0.15) is 0 Å². The van der Waals surface area contributed by atoms with Crippen LogP contribution in [0, 0.1) is 0 Å². The fourth-order valence-corrected chi connectivity index (χ4v) is 3.19. The number of hydrogen-bond donors (Lipinski definition) is 2. The first kappa shape index (κ1) is 18.9. The minimum Gasteiger partial charge on any atom is -0.872 e. The van der Waals surface area contributed by atoms with Crippen molar-refractivity contribution >= 4 is 35.1 Å². The summed E-state index contributed by atoms with van der Waals surface area (Å²) < 4.78 is 0. The van der Waals surface area contributed by atoms with Gasteiger partial charge in [0.1, 0.15) is 0 Å². The zero-order chi connectivity index (χ0) is 21.4. The van der Waals surface area contributed by atoms with Gasteiger partial charge in [0.15, 0.2) is 0 Å². The van der Waals surface area contributed by atoms with E-state index in [2.05, 4.69) is 5.32 Å². The van der Waals surface area contributed by atoms with Crippen molar-refractivity contribution in [2.24, 2.45) is 0 Å². The Labute approximate surface area is 170 Å². The lowest BCUT2D eigenvalue weighted by Crippen LogP contribution is -2.29. The van der Waals surface area contributed by atoms with E-state index < -0.39 is 29.4 Å². The molecule has 0 spiro atoms. The summed E-state index contributed by atoms with van der Waals surface area (Å²) in [7, 11) is 0. The fraction of sp³-hybridized carbons (Fsp3) is 0. The number of carboxylic acids is 1. The van der Waals surface area contributed by atoms with E-state index in [0.29, 0.717) is 16.8 Å². The number of carbonyl (C=O) groups is 4. The first-order chi connectivity index (χ1) is 14.4. The van der Waals surface area contributed by atoms with Gasteiger partial charge in [-0.05, 0) is 42.5 Å². The Morgan fingerprint density at radius 1 is 0.867 bits per heavy atom. The normalized spacial score (nSPS) is 12.6. The molecule has 3 aromatic carbocycles. The van der Waals surface area contributed by atoms with E-state index in [-0.39, 0.29) is 16.8 Å². The van der Waals surface area contributed by atoms with E-state index in [1.165, 1.54) is 30.3 Å². The summed E-state index contributed by atoms with van der Waals surface area (Å²) in [5.74, 6) is -3.34. The van der Waals surface area contributed by atoms with Crippen LogP contribution in [-0.2, 0) is 0 Å². The molecule has 30 heavy (non-hydrogen) atoms. The number of rotatable bonds is 4. The monoisotopic (exact) mass is 401 g/mol. The van der Waals surface area contributed by atoms with E-state index in [1.807, 2.05) is 0 Å². The lowest BCUT2D eigenvalue weighted by molar-refractivity contribution is -0.268. The SMILES string of the molecule is O=C(Nc1ccc([O-])cc1C(=O)O)c1ccc(N2C(=O)c3ccccc3C2=O)cc1. The van der Waals surface area contributed by atoms with Gasteiger partial charge in [-0.25, -0.2) is 9.69 Å². The van der Waals surface area contributed by atoms with E-state index in [0.717, 1.165) is 17.0 Å². The topological polar surface area (TPSA) is 127 Å². The second kappa shape index (κ2) is 7.17. The Morgan fingerprint density at radius 2 is 1.47 bits per heavy atom. The van der Waals surface area contributed by atoms with Gasteiger partial charge >= 0.3 is 5.97 Å². The van der Waals surface area contributed by atoms with Crippen molar-refractivity contribution in [1.29, 1.82) is 0 Å². The summed E-state index contributed by atoms with van der Waals surface area (Å²) in [6, 6.07) is 15.5. The van der Waals surface area contributed by atoms with Gasteiger partial charge in [0.25, 0.3) is 17.7 Å². The molecule has 0 aromatic heterocycles. The van der Waals surface area contributed by atoms with E-state index in [1.54, 1.807) is 24.3 Å². The number of aromatic carboxylic acids is 1. The third-order valence-electron chi connectivity index (χ3n) is 4.65. The number of benzene rings is 3. The third-order valence-corrected chi connectivity index (χ3v) is 4.65. The van der Waals surface area contributed by atoms with Gasteiger partial charge in [-0.3, -0.25) is 14.4 Å². The van der Waals surface area contributed by atoms with Gasteiger partial charge in [0.05, 0.1) is 28.1 Å². The van der Waals surface area contributed by atoms with Crippen molar-refractivity contribution < 1.29 is 29.4 Å². The molecule has 4 rings (SSSR count). The highest BCUT2D eigenvalue weighted by atomic mass is 16.4. The van der Waals surface area contributed by atoms with Crippen LogP contribution < -0.4 is 15.3 Å². The maximum atomic E-state index is 12.5. The Morgan fingerprint density at radius 3 is 2.03 bits per heavy atom. The largest absolute Gasteiger partial charge is 0.872 e. The number of fused-ring (bicyclic) bond motifs is 1. The van der Waals surface area contributed by atoms with Crippen LogP contribution in [0.3, 0.4) is 0 Å². The Bertz CT molecular complexity index is 1180. The van der Waals surface area contributed by atoms with Crippen LogP contribution in [0.4, 0.5) is 11.4 Å². The zero-order valence-corrected chi connectivity index (χ0v) is 15.3. The summed E-state index contributed by atoms with van der Waals surface area (Å²) in [5.41, 5.74) is 0.771. The molecule has 1 aliphatic rings. The minimum atomic E-state index is -1.34. The number of hydrogen-bond acceptors (Lipinski definition) is 5. The van der Waals surface area contributed by atoms with Crippen molar-refractivity contribution in [3.8, 4) is 5.75 Å². The summed E-state index contributed by atoms with van der Waals surface area (Å²) in [6.45, 7) is 0. The Hall–Kier alpha value is -4.46. The molecule has 0 bridgehead atoms.